The second kappa shape index (κ2) is 16.7. The molecule has 5 rings (SSSR count). The fraction of sp³-hybridized carbons (Fsp3) is 0.0526. The number of hydrogen-bond acceptors (Lipinski definition) is 8. The molecule has 4 amide bonds. The zero-order valence-corrected chi connectivity index (χ0v) is 27.0. The molecule has 0 saturated heterocycles. The second-order valence-corrected chi connectivity index (χ2v) is 10.5. The minimum Gasteiger partial charge on any atom is -0.497 e. The molecule has 0 aromatic heterocycles. The van der Waals surface area contributed by atoms with E-state index in [1.807, 2.05) is 0 Å². The number of nitrogens with one attached hydrogen (secondary N) is 4. The summed E-state index contributed by atoms with van der Waals surface area (Å²) in [6.45, 7) is 0. The Morgan fingerprint density at radius 3 is 1.30 bits per heavy atom. The first-order valence-electron chi connectivity index (χ1n) is 15.2. The predicted octanol–water partition coefficient (Wildman–Crippen LogP) is 5.74. The molecule has 0 aliphatic rings. The highest BCUT2D eigenvalue weighted by atomic mass is 16.5. The zero-order valence-electron chi connectivity index (χ0n) is 27.0. The van der Waals surface area contributed by atoms with E-state index in [1.165, 1.54) is 30.6 Å². The molecular weight excluding hydrogens is 636 g/mol. The van der Waals surface area contributed by atoms with Crippen molar-refractivity contribution in [2.45, 2.75) is 0 Å². The van der Waals surface area contributed by atoms with Crippen LogP contribution in [-0.2, 0) is 0 Å². The maximum atomic E-state index is 13.3. The van der Waals surface area contributed by atoms with E-state index < -0.39 is 23.6 Å². The third-order valence-corrected chi connectivity index (χ3v) is 7.22. The summed E-state index contributed by atoms with van der Waals surface area (Å²) in [4.78, 5) is 52.4. The third-order valence-electron chi connectivity index (χ3n) is 7.22. The van der Waals surface area contributed by atoms with Crippen LogP contribution in [0, 0.1) is 0 Å². The van der Waals surface area contributed by atoms with Crippen LogP contribution in [0.5, 0.6) is 11.5 Å². The minimum absolute atomic E-state index is 0.171. The van der Waals surface area contributed by atoms with E-state index in [0.29, 0.717) is 11.5 Å². The molecule has 0 aliphatic heterocycles. The SMILES string of the molecule is COc1ccc(/C=N/NC(=O)c2ccccc2NC(=O)c2cccc(C(=O)Nc3ccccc3C(=O)N/N=C/c3ccc(OC)cc3)c2)cc1. The van der Waals surface area contributed by atoms with Crippen LogP contribution in [0.25, 0.3) is 0 Å². The first-order chi connectivity index (χ1) is 24.3. The van der Waals surface area contributed by atoms with E-state index in [2.05, 4.69) is 31.7 Å². The van der Waals surface area contributed by atoms with Gasteiger partial charge < -0.3 is 20.1 Å². The van der Waals surface area contributed by atoms with Crippen molar-refractivity contribution in [2.24, 2.45) is 10.2 Å². The van der Waals surface area contributed by atoms with Gasteiger partial charge in [-0.25, -0.2) is 10.9 Å². The van der Waals surface area contributed by atoms with Crippen LogP contribution in [0.15, 0.2) is 132 Å². The van der Waals surface area contributed by atoms with Crippen molar-refractivity contribution >= 4 is 47.4 Å². The van der Waals surface area contributed by atoms with Gasteiger partial charge in [0, 0.05) is 11.1 Å². The van der Waals surface area contributed by atoms with Gasteiger partial charge in [0.25, 0.3) is 23.6 Å². The van der Waals surface area contributed by atoms with Crippen molar-refractivity contribution in [3.05, 3.63) is 155 Å². The van der Waals surface area contributed by atoms with Gasteiger partial charge in [-0.15, -0.1) is 0 Å². The molecule has 0 heterocycles. The fourth-order valence-electron chi connectivity index (χ4n) is 4.60. The summed E-state index contributed by atoms with van der Waals surface area (Å²) >= 11 is 0. The first-order valence-corrected chi connectivity index (χ1v) is 15.2. The number of methoxy groups -OCH3 is 2. The molecule has 12 heteroatoms. The molecule has 0 radical (unpaired) electrons. The smallest absolute Gasteiger partial charge is 0.273 e. The number of para-hydroxylation sites is 2. The summed E-state index contributed by atoms with van der Waals surface area (Å²) in [5.74, 6) is -0.770. The van der Waals surface area contributed by atoms with E-state index in [9.17, 15) is 19.2 Å². The maximum Gasteiger partial charge on any atom is 0.273 e. The Kier molecular flexibility index (Phi) is 11.4. The van der Waals surface area contributed by atoms with Gasteiger partial charge >= 0.3 is 0 Å². The topological polar surface area (TPSA) is 160 Å². The number of carbonyl (C=O) groups is 4. The molecule has 12 nitrogen and oxygen atoms in total. The summed E-state index contributed by atoms with van der Waals surface area (Å²) in [6, 6.07) is 33.2. The van der Waals surface area contributed by atoms with Crippen molar-refractivity contribution < 1.29 is 28.7 Å². The number of rotatable bonds is 12. The summed E-state index contributed by atoms with van der Waals surface area (Å²) < 4.78 is 10.3. The molecule has 0 saturated carbocycles. The van der Waals surface area contributed by atoms with E-state index in [0.717, 1.165) is 11.1 Å². The van der Waals surface area contributed by atoms with Crippen molar-refractivity contribution in [1.29, 1.82) is 0 Å². The lowest BCUT2D eigenvalue weighted by molar-refractivity contribution is 0.0947. The number of benzene rings is 5. The van der Waals surface area contributed by atoms with E-state index >= 15 is 0 Å². The summed E-state index contributed by atoms with van der Waals surface area (Å²) in [7, 11) is 3.14. The van der Waals surface area contributed by atoms with E-state index in [-0.39, 0.29) is 33.6 Å². The van der Waals surface area contributed by atoms with Crippen molar-refractivity contribution in [3.8, 4) is 11.5 Å². The van der Waals surface area contributed by atoms with Gasteiger partial charge in [-0.3, -0.25) is 19.2 Å². The van der Waals surface area contributed by atoms with Gasteiger partial charge in [0.05, 0.1) is 49.2 Å². The Hall–Kier alpha value is -7.08. The molecule has 50 heavy (non-hydrogen) atoms. The normalized spacial score (nSPS) is 10.8. The Labute approximate surface area is 287 Å². The number of hydrogen-bond donors (Lipinski definition) is 4. The highest BCUT2D eigenvalue weighted by Gasteiger charge is 2.17. The molecule has 250 valence electrons. The van der Waals surface area contributed by atoms with E-state index in [1.54, 1.807) is 117 Å². The van der Waals surface area contributed by atoms with Crippen LogP contribution >= 0.6 is 0 Å². The average molecular weight is 669 g/mol. The van der Waals surface area contributed by atoms with Crippen LogP contribution < -0.4 is 31.0 Å². The number of anilines is 2. The predicted molar refractivity (Wildman–Crippen MR) is 191 cm³/mol. The quantitative estimate of drug-likeness (QED) is 0.0981. The van der Waals surface area contributed by atoms with Crippen molar-refractivity contribution in [1.82, 2.24) is 10.9 Å². The Balaban J connectivity index is 1.22. The Morgan fingerprint density at radius 1 is 0.500 bits per heavy atom. The lowest BCUT2D eigenvalue weighted by Gasteiger charge is -2.12. The highest BCUT2D eigenvalue weighted by molar-refractivity contribution is 6.12. The van der Waals surface area contributed by atoms with Gasteiger partial charge in [-0.2, -0.15) is 10.2 Å². The van der Waals surface area contributed by atoms with Gasteiger partial charge in [0.2, 0.25) is 0 Å². The lowest BCUT2D eigenvalue weighted by Crippen LogP contribution is -2.22. The highest BCUT2D eigenvalue weighted by Crippen LogP contribution is 2.19. The standard InChI is InChI=1S/C38H32N6O6/c1-49-29-18-14-25(15-19-29)23-39-43-37(47)31-10-3-5-12-33(31)41-35(45)27-8-7-9-28(22-27)36(46)42-34-13-6-4-11-32(34)38(48)44-40-24-26-16-20-30(50-2)21-17-26/h3-24H,1-2H3,(H,41,45)(H,42,46)(H,43,47)(H,44,48)/b39-23+,40-24+. The van der Waals surface area contributed by atoms with E-state index in [4.69, 9.17) is 9.47 Å². The molecule has 0 aliphatic carbocycles. The number of ether oxygens (including phenoxy) is 2. The molecule has 0 fully saturated rings. The molecule has 0 unspecified atom stereocenters. The van der Waals surface area contributed by atoms with Gasteiger partial charge in [0.15, 0.2) is 0 Å². The largest absolute Gasteiger partial charge is 0.497 e. The second-order valence-electron chi connectivity index (χ2n) is 10.5. The molecule has 5 aromatic rings. The average Bonchev–Trinajstić information content (AvgIpc) is 3.15. The van der Waals surface area contributed by atoms with Crippen LogP contribution in [0.1, 0.15) is 52.6 Å². The summed E-state index contributed by atoms with van der Waals surface area (Å²) in [6.07, 6.45) is 2.97. The third kappa shape index (κ3) is 9.04. The molecule has 5 aromatic carbocycles. The number of nitrogens with zero attached hydrogens (tertiary/aromatic N) is 2. The molecule has 0 spiro atoms. The first kappa shape index (κ1) is 34.3. The Morgan fingerprint density at radius 2 is 0.900 bits per heavy atom. The van der Waals surface area contributed by atoms with Gasteiger partial charge in [0.1, 0.15) is 11.5 Å². The number of hydrazone groups is 2. The molecule has 0 atom stereocenters. The van der Waals surface area contributed by atoms with Gasteiger partial charge in [-0.05, 0) is 102 Å². The zero-order chi connectivity index (χ0) is 35.3. The lowest BCUT2D eigenvalue weighted by atomic mass is 10.1. The summed E-state index contributed by atoms with van der Waals surface area (Å²) in [5.41, 5.74) is 7.64. The number of amides is 4. The molecule has 4 N–H and O–H groups in total. The number of carbonyl (C=O) groups excluding carboxylic acids is 4. The monoisotopic (exact) mass is 668 g/mol. The molecular formula is C38H32N6O6. The fourth-order valence-corrected chi connectivity index (χ4v) is 4.60. The molecule has 0 bridgehead atoms. The Bertz CT molecular complexity index is 1920. The van der Waals surface area contributed by atoms with Crippen LogP contribution in [-0.4, -0.2) is 50.3 Å². The van der Waals surface area contributed by atoms with Crippen LogP contribution in [0.2, 0.25) is 0 Å². The summed E-state index contributed by atoms with van der Waals surface area (Å²) in [5, 5.41) is 13.5. The van der Waals surface area contributed by atoms with Crippen molar-refractivity contribution in [2.75, 3.05) is 24.9 Å². The van der Waals surface area contributed by atoms with Gasteiger partial charge in [-0.1, -0.05) is 30.3 Å². The van der Waals surface area contributed by atoms with Crippen molar-refractivity contribution in [3.63, 3.8) is 0 Å². The minimum atomic E-state index is -0.545. The van der Waals surface area contributed by atoms with Crippen LogP contribution in [0.4, 0.5) is 11.4 Å². The maximum absolute atomic E-state index is 13.3. The van der Waals surface area contributed by atoms with Crippen LogP contribution in [0.3, 0.4) is 0 Å².